The molecular formula is C17H18F2N2O3. The van der Waals surface area contributed by atoms with Crippen LogP contribution in [0.25, 0.3) is 0 Å². The monoisotopic (exact) mass is 336 g/mol. The Balaban J connectivity index is 2.13. The molecule has 1 heterocycles. The number of carbonyl (C=O) groups excluding carboxylic acids is 1. The average molecular weight is 336 g/mol. The van der Waals surface area contributed by atoms with E-state index in [-0.39, 0.29) is 17.8 Å². The Labute approximate surface area is 138 Å². The van der Waals surface area contributed by atoms with Gasteiger partial charge >= 0.3 is 0 Å². The quantitative estimate of drug-likeness (QED) is 0.850. The van der Waals surface area contributed by atoms with Gasteiger partial charge in [-0.05, 0) is 32.0 Å². The highest BCUT2D eigenvalue weighted by atomic mass is 19.1. The number of amides is 1. The summed E-state index contributed by atoms with van der Waals surface area (Å²) in [6.07, 6.45) is 1.44. The van der Waals surface area contributed by atoms with Crippen molar-refractivity contribution < 1.29 is 23.4 Å². The molecule has 128 valence electrons. The molecule has 1 atom stereocenters. The van der Waals surface area contributed by atoms with Crippen molar-refractivity contribution in [1.82, 2.24) is 10.3 Å². The molecule has 0 radical (unpaired) electrons. The van der Waals surface area contributed by atoms with Crippen LogP contribution in [0.4, 0.5) is 8.78 Å². The molecule has 0 bridgehead atoms. The number of aromatic nitrogens is 1. The molecule has 1 aromatic heterocycles. The second kappa shape index (κ2) is 7.35. The fraction of sp³-hybridized carbons (Fsp3) is 0.294. The van der Waals surface area contributed by atoms with E-state index >= 15 is 0 Å². The van der Waals surface area contributed by atoms with Gasteiger partial charge in [0.05, 0.1) is 13.2 Å². The summed E-state index contributed by atoms with van der Waals surface area (Å²) in [6.45, 7) is 3.18. The number of carbonyl (C=O) groups is 1. The number of nitrogens with one attached hydrogen (secondary N) is 1. The number of ether oxygens (including phenoxy) is 1. The van der Waals surface area contributed by atoms with Crippen molar-refractivity contribution in [2.24, 2.45) is 0 Å². The van der Waals surface area contributed by atoms with Crippen molar-refractivity contribution >= 4 is 5.91 Å². The van der Waals surface area contributed by atoms with Gasteiger partial charge in [0, 0.05) is 17.8 Å². The number of pyridine rings is 1. The van der Waals surface area contributed by atoms with E-state index in [1.54, 1.807) is 19.1 Å². The zero-order valence-electron chi connectivity index (χ0n) is 13.3. The number of halogens is 2. The minimum atomic E-state index is -1.71. The van der Waals surface area contributed by atoms with Crippen molar-refractivity contribution in [1.29, 1.82) is 0 Å². The third-order valence-corrected chi connectivity index (χ3v) is 3.39. The smallest absolute Gasteiger partial charge is 0.273 e. The number of hydrogen-bond donors (Lipinski definition) is 2. The Morgan fingerprint density at radius 1 is 1.38 bits per heavy atom. The zero-order valence-corrected chi connectivity index (χ0v) is 13.3. The second-order valence-corrected chi connectivity index (χ2v) is 5.36. The minimum absolute atomic E-state index is 0.0646. The molecular weight excluding hydrogens is 318 g/mol. The molecule has 5 nitrogen and oxygen atoms in total. The van der Waals surface area contributed by atoms with Gasteiger partial charge in [-0.3, -0.25) is 4.79 Å². The van der Waals surface area contributed by atoms with E-state index in [9.17, 15) is 18.7 Å². The number of rotatable bonds is 6. The van der Waals surface area contributed by atoms with E-state index in [4.69, 9.17) is 4.74 Å². The normalized spacial score (nSPS) is 13.2. The molecule has 2 aromatic rings. The summed E-state index contributed by atoms with van der Waals surface area (Å²) in [5, 5.41) is 12.9. The maximum Gasteiger partial charge on any atom is 0.273 e. The number of benzene rings is 1. The average Bonchev–Trinajstić information content (AvgIpc) is 2.53. The van der Waals surface area contributed by atoms with Crippen molar-refractivity contribution in [3.05, 3.63) is 59.4 Å². The summed E-state index contributed by atoms with van der Waals surface area (Å²) in [5.74, 6) is -1.89. The first-order chi connectivity index (χ1) is 11.3. The first kappa shape index (κ1) is 17.8. The molecule has 0 saturated heterocycles. The highest BCUT2D eigenvalue weighted by Gasteiger charge is 2.28. The summed E-state index contributed by atoms with van der Waals surface area (Å²) in [5.41, 5.74) is -1.77. The largest absolute Gasteiger partial charge is 0.491 e. The van der Waals surface area contributed by atoms with Gasteiger partial charge in [-0.15, -0.1) is 0 Å². The topological polar surface area (TPSA) is 71.5 Å². The summed E-state index contributed by atoms with van der Waals surface area (Å²) in [7, 11) is 0. The van der Waals surface area contributed by atoms with Gasteiger partial charge in [-0.25, -0.2) is 13.8 Å². The lowest BCUT2D eigenvalue weighted by Crippen LogP contribution is -2.39. The maximum absolute atomic E-state index is 13.8. The lowest BCUT2D eigenvalue weighted by atomic mass is 9.95. The molecule has 0 aliphatic rings. The van der Waals surface area contributed by atoms with Crippen molar-refractivity contribution in [2.45, 2.75) is 19.4 Å². The molecule has 24 heavy (non-hydrogen) atoms. The Bertz CT molecular complexity index is 736. The Morgan fingerprint density at radius 2 is 2.12 bits per heavy atom. The molecule has 0 fully saturated rings. The fourth-order valence-corrected chi connectivity index (χ4v) is 2.19. The molecule has 1 aromatic carbocycles. The van der Waals surface area contributed by atoms with Gasteiger partial charge in [-0.1, -0.05) is 6.07 Å². The van der Waals surface area contributed by atoms with Gasteiger partial charge < -0.3 is 15.2 Å². The zero-order chi connectivity index (χ0) is 17.7. The third-order valence-electron chi connectivity index (χ3n) is 3.39. The van der Waals surface area contributed by atoms with E-state index in [2.05, 4.69) is 10.3 Å². The second-order valence-electron chi connectivity index (χ2n) is 5.36. The number of hydrogen-bond acceptors (Lipinski definition) is 4. The lowest BCUT2D eigenvalue weighted by molar-refractivity contribution is 0.0492. The van der Waals surface area contributed by atoms with Crippen molar-refractivity contribution in [3.8, 4) is 5.75 Å². The molecule has 0 spiro atoms. The molecule has 0 aliphatic heterocycles. The predicted octanol–water partition coefficient (Wildman–Crippen LogP) is 2.40. The minimum Gasteiger partial charge on any atom is -0.491 e. The van der Waals surface area contributed by atoms with Crippen LogP contribution in [0.5, 0.6) is 5.75 Å². The van der Waals surface area contributed by atoms with E-state index < -0.39 is 23.1 Å². The molecule has 0 saturated carbocycles. The van der Waals surface area contributed by atoms with Crippen LogP contribution in [0, 0.1) is 11.6 Å². The predicted molar refractivity (Wildman–Crippen MR) is 83.7 cm³/mol. The van der Waals surface area contributed by atoms with Crippen LogP contribution in [-0.4, -0.2) is 29.1 Å². The SMILES string of the molecule is CCOc1cccnc1C(=O)NCC(C)(O)c1ccc(F)cc1F. The van der Waals surface area contributed by atoms with Crippen LogP contribution in [0.2, 0.25) is 0 Å². The highest BCUT2D eigenvalue weighted by molar-refractivity contribution is 5.94. The van der Waals surface area contributed by atoms with Crippen LogP contribution >= 0.6 is 0 Å². The van der Waals surface area contributed by atoms with Crippen LogP contribution in [0.15, 0.2) is 36.5 Å². The van der Waals surface area contributed by atoms with Gasteiger partial charge in [0.25, 0.3) is 5.91 Å². The first-order valence-electron chi connectivity index (χ1n) is 7.39. The third kappa shape index (κ3) is 4.05. The summed E-state index contributed by atoms with van der Waals surface area (Å²) < 4.78 is 32.1. The van der Waals surface area contributed by atoms with Crippen LogP contribution in [0.3, 0.4) is 0 Å². The van der Waals surface area contributed by atoms with Gasteiger partial charge in [0.1, 0.15) is 17.2 Å². The van der Waals surface area contributed by atoms with Gasteiger partial charge in [0.15, 0.2) is 11.4 Å². The molecule has 1 unspecified atom stereocenters. The standard InChI is InChI=1S/C17H18F2N2O3/c1-3-24-14-5-4-8-20-15(14)16(22)21-10-17(2,23)12-7-6-11(18)9-13(12)19/h4-9,23H,3,10H2,1-2H3,(H,21,22). The molecule has 7 heteroatoms. The molecule has 1 amide bonds. The van der Waals surface area contributed by atoms with Gasteiger partial charge in [0.2, 0.25) is 0 Å². The molecule has 0 aliphatic carbocycles. The Hall–Kier alpha value is -2.54. The van der Waals surface area contributed by atoms with Crippen LogP contribution in [-0.2, 0) is 5.60 Å². The number of nitrogens with zero attached hydrogens (tertiary/aromatic N) is 1. The van der Waals surface area contributed by atoms with Crippen LogP contribution < -0.4 is 10.1 Å². The molecule has 2 N–H and O–H groups in total. The summed E-state index contributed by atoms with van der Waals surface area (Å²) in [4.78, 5) is 16.2. The lowest BCUT2D eigenvalue weighted by Gasteiger charge is -2.24. The Morgan fingerprint density at radius 3 is 2.79 bits per heavy atom. The van der Waals surface area contributed by atoms with E-state index in [1.807, 2.05) is 0 Å². The van der Waals surface area contributed by atoms with E-state index in [0.29, 0.717) is 18.4 Å². The summed E-state index contributed by atoms with van der Waals surface area (Å²) in [6, 6.07) is 6.09. The van der Waals surface area contributed by atoms with E-state index in [1.165, 1.54) is 13.1 Å². The van der Waals surface area contributed by atoms with E-state index in [0.717, 1.165) is 12.1 Å². The Kier molecular flexibility index (Phi) is 5.46. The highest BCUT2D eigenvalue weighted by Crippen LogP contribution is 2.24. The van der Waals surface area contributed by atoms with Crippen LogP contribution in [0.1, 0.15) is 29.9 Å². The maximum atomic E-state index is 13.8. The van der Waals surface area contributed by atoms with Gasteiger partial charge in [-0.2, -0.15) is 0 Å². The van der Waals surface area contributed by atoms with Crippen molar-refractivity contribution in [3.63, 3.8) is 0 Å². The molecule has 2 rings (SSSR count). The summed E-state index contributed by atoms with van der Waals surface area (Å²) >= 11 is 0. The van der Waals surface area contributed by atoms with Crippen molar-refractivity contribution in [2.75, 3.05) is 13.2 Å². The fourth-order valence-electron chi connectivity index (χ4n) is 2.19. The number of aliphatic hydroxyl groups is 1. The first-order valence-corrected chi connectivity index (χ1v) is 7.39.